The molecule has 2 aromatic rings. The molecule has 154 valence electrons. The fourth-order valence-corrected chi connectivity index (χ4v) is 4.25. The molecule has 4 rings (SSSR count). The predicted octanol–water partition coefficient (Wildman–Crippen LogP) is 5.15. The SMILES string of the molecule is O=C(O)c1cc(C2CC2)c(CN2CCO[C@H](Cc3ccc(Cl)c(Cl)c3)C2)cc1F. The van der Waals surface area contributed by atoms with Crippen molar-refractivity contribution in [1.82, 2.24) is 4.90 Å². The molecule has 0 amide bonds. The van der Waals surface area contributed by atoms with E-state index in [1.807, 2.05) is 12.1 Å². The number of carboxylic acid groups (broad SMARTS) is 1. The summed E-state index contributed by atoms with van der Waals surface area (Å²) < 4.78 is 20.2. The molecule has 0 bridgehead atoms. The van der Waals surface area contributed by atoms with Crippen molar-refractivity contribution in [3.05, 3.63) is 68.4 Å². The summed E-state index contributed by atoms with van der Waals surface area (Å²) in [7, 11) is 0. The molecule has 0 aromatic heterocycles. The van der Waals surface area contributed by atoms with Crippen molar-refractivity contribution in [2.24, 2.45) is 0 Å². The highest BCUT2D eigenvalue weighted by Crippen LogP contribution is 2.42. The van der Waals surface area contributed by atoms with Crippen molar-refractivity contribution in [3.8, 4) is 0 Å². The highest BCUT2D eigenvalue weighted by Gasteiger charge is 2.30. The average Bonchev–Trinajstić information content (AvgIpc) is 3.50. The van der Waals surface area contributed by atoms with Gasteiger partial charge in [-0.15, -0.1) is 0 Å². The molecule has 0 radical (unpaired) electrons. The first-order valence-corrected chi connectivity index (χ1v) is 10.5. The van der Waals surface area contributed by atoms with Crippen molar-refractivity contribution in [2.75, 3.05) is 19.7 Å². The van der Waals surface area contributed by atoms with Crippen LogP contribution in [0.15, 0.2) is 30.3 Å². The fourth-order valence-electron chi connectivity index (χ4n) is 3.92. The summed E-state index contributed by atoms with van der Waals surface area (Å²) in [4.78, 5) is 13.5. The minimum absolute atomic E-state index is 0.00788. The van der Waals surface area contributed by atoms with E-state index in [4.69, 9.17) is 27.9 Å². The number of carboxylic acids is 1. The number of hydrogen-bond acceptors (Lipinski definition) is 3. The molecule has 2 fully saturated rings. The Morgan fingerprint density at radius 1 is 1.21 bits per heavy atom. The van der Waals surface area contributed by atoms with Gasteiger partial charge >= 0.3 is 5.97 Å². The maximum atomic E-state index is 14.3. The number of benzene rings is 2. The fraction of sp³-hybridized carbons (Fsp3) is 0.409. The van der Waals surface area contributed by atoms with Crippen LogP contribution in [0.25, 0.3) is 0 Å². The molecule has 0 unspecified atom stereocenters. The van der Waals surface area contributed by atoms with Crippen LogP contribution in [0.1, 0.15) is 45.8 Å². The van der Waals surface area contributed by atoms with Crippen molar-refractivity contribution in [2.45, 2.75) is 37.8 Å². The van der Waals surface area contributed by atoms with E-state index in [1.165, 1.54) is 12.1 Å². The molecule has 29 heavy (non-hydrogen) atoms. The summed E-state index contributed by atoms with van der Waals surface area (Å²) in [5, 5.41) is 10.3. The van der Waals surface area contributed by atoms with Gasteiger partial charge in [0, 0.05) is 19.6 Å². The van der Waals surface area contributed by atoms with Crippen LogP contribution in [0, 0.1) is 5.82 Å². The minimum atomic E-state index is -1.22. The Balaban J connectivity index is 1.47. The lowest BCUT2D eigenvalue weighted by Crippen LogP contribution is -2.43. The Labute approximate surface area is 179 Å². The standard InChI is InChI=1S/C22H22Cl2FNO3/c23-19-4-1-13(8-20(19)24)7-16-12-26(5-6-29-16)11-15-9-21(25)18(22(27)28)10-17(15)14-2-3-14/h1,4,8-10,14,16H,2-3,5-7,11-12H2,(H,27,28)/t16-/m1/s1. The van der Waals surface area contributed by atoms with E-state index in [0.29, 0.717) is 35.7 Å². The number of hydrogen-bond donors (Lipinski definition) is 1. The van der Waals surface area contributed by atoms with E-state index >= 15 is 0 Å². The number of nitrogens with zero attached hydrogens (tertiary/aromatic N) is 1. The average molecular weight is 438 g/mol. The van der Waals surface area contributed by atoms with E-state index in [-0.39, 0.29) is 11.7 Å². The van der Waals surface area contributed by atoms with E-state index in [0.717, 1.165) is 42.5 Å². The van der Waals surface area contributed by atoms with E-state index in [2.05, 4.69) is 4.90 Å². The molecule has 1 heterocycles. The molecule has 2 aromatic carbocycles. The van der Waals surface area contributed by atoms with Gasteiger partial charge in [-0.05, 0) is 66.1 Å². The normalized spacial score (nSPS) is 20.0. The molecule has 7 heteroatoms. The summed E-state index contributed by atoms with van der Waals surface area (Å²) >= 11 is 12.1. The second kappa shape index (κ2) is 8.60. The maximum Gasteiger partial charge on any atom is 0.338 e. The summed E-state index contributed by atoms with van der Waals surface area (Å²) in [5.74, 6) is -1.54. The maximum absolute atomic E-state index is 14.3. The molecule has 0 spiro atoms. The van der Waals surface area contributed by atoms with E-state index in [1.54, 1.807) is 6.07 Å². The zero-order valence-corrected chi connectivity index (χ0v) is 17.3. The van der Waals surface area contributed by atoms with Crippen LogP contribution in [0.3, 0.4) is 0 Å². The zero-order chi connectivity index (χ0) is 20.5. The quantitative estimate of drug-likeness (QED) is 0.678. The third-order valence-corrected chi connectivity index (χ3v) is 6.28. The largest absolute Gasteiger partial charge is 0.478 e. The highest BCUT2D eigenvalue weighted by atomic mass is 35.5. The van der Waals surface area contributed by atoms with Crippen LogP contribution in [-0.4, -0.2) is 41.8 Å². The van der Waals surface area contributed by atoms with Gasteiger partial charge in [0.1, 0.15) is 5.82 Å². The lowest BCUT2D eigenvalue weighted by atomic mass is 9.98. The third kappa shape index (κ3) is 4.92. The predicted molar refractivity (Wildman–Crippen MR) is 111 cm³/mol. The Bertz CT molecular complexity index is 933. The van der Waals surface area contributed by atoms with Gasteiger partial charge in [-0.1, -0.05) is 29.3 Å². The monoisotopic (exact) mass is 437 g/mol. The smallest absolute Gasteiger partial charge is 0.338 e. The number of morpholine rings is 1. The van der Waals surface area contributed by atoms with Gasteiger partial charge in [-0.2, -0.15) is 0 Å². The minimum Gasteiger partial charge on any atom is -0.478 e. The van der Waals surface area contributed by atoms with Crippen LogP contribution < -0.4 is 0 Å². The van der Waals surface area contributed by atoms with Gasteiger partial charge < -0.3 is 9.84 Å². The van der Waals surface area contributed by atoms with E-state index < -0.39 is 11.8 Å². The number of carbonyl (C=O) groups is 1. The summed E-state index contributed by atoms with van der Waals surface area (Å²) in [5.41, 5.74) is 2.67. The van der Waals surface area contributed by atoms with Gasteiger partial charge in [0.05, 0.1) is 28.3 Å². The van der Waals surface area contributed by atoms with Gasteiger partial charge in [-0.25, -0.2) is 9.18 Å². The van der Waals surface area contributed by atoms with Crippen molar-refractivity contribution >= 4 is 29.2 Å². The van der Waals surface area contributed by atoms with Gasteiger partial charge in [0.25, 0.3) is 0 Å². The molecule has 1 aliphatic carbocycles. The first-order valence-electron chi connectivity index (χ1n) is 9.74. The number of aromatic carboxylic acids is 1. The van der Waals surface area contributed by atoms with Crippen LogP contribution >= 0.6 is 23.2 Å². The summed E-state index contributed by atoms with van der Waals surface area (Å²) in [6, 6.07) is 8.52. The molecule has 2 aliphatic rings. The molecular formula is C22H22Cl2FNO3. The number of ether oxygens (including phenoxy) is 1. The highest BCUT2D eigenvalue weighted by molar-refractivity contribution is 6.42. The Hall–Kier alpha value is -1.66. The third-order valence-electron chi connectivity index (χ3n) is 5.54. The van der Waals surface area contributed by atoms with Crippen LogP contribution in [0.5, 0.6) is 0 Å². The first kappa shape index (κ1) is 20.6. The lowest BCUT2D eigenvalue weighted by Gasteiger charge is -2.33. The Morgan fingerprint density at radius 2 is 2.00 bits per heavy atom. The van der Waals surface area contributed by atoms with Gasteiger partial charge in [0.15, 0.2) is 0 Å². The second-order valence-electron chi connectivity index (χ2n) is 7.79. The molecule has 1 atom stereocenters. The van der Waals surface area contributed by atoms with Gasteiger partial charge in [-0.3, -0.25) is 4.90 Å². The molecule has 1 N–H and O–H groups in total. The second-order valence-corrected chi connectivity index (χ2v) is 8.61. The Kier molecular flexibility index (Phi) is 6.11. The van der Waals surface area contributed by atoms with E-state index in [9.17, 15) is 14.3 Å². The first-order chi connectivity index (χ1) is 13.9. The van der Waals surface area contributed by atoms with Crippen molar-refractivity contribution in [3.63, 3.8) is 0 Å². The van der Waals surface area contributed by atoms with Crippen LogP contribution in [0.2, 0.25) is 10.0 Å². The summed E-state index contributed by atoms with van der Waals surface area (Å²) in [6.07, 6.45) is 2.78. The molecule has 4 nitrogen and oxygen atoms in total. The van der Waals surface area contributed by atoms with Crippen LogP contribution in [-0.2, 0) is 17.7 Å². The molecule has 1 saturated heterocycles. The molecule has 1 saturated carbocycles. The molecular weight excluding hydrogens is 416 g/mol. The van der Waals surface area contributed by atoms with Crippen molar-refractivity contribution < 1.29 is 19.0 Å². The van der Waals surface area contributed by atoms with Crippen molar-refractivity contribution in [1.29, 1.82) is 0 Å². The molecule has 1 aliphatic heterocycles. The Morgan fingerprint density at radius 3 is 2.69 bits per heavy atom. The lowest BCUT2D eigenvalue weighted by molar-refractivity contribution is -0.0305. The van der Waals surface area contributed by atoms with Crippen LogP contribution in [0.4, 0.5) is 4.39 Å². The number of halogens is 3. The topological polar surface area (TPSA) is 49.8 Å². The number of rotatable bonds is 6. The zero-order valence-electron chi connectivity index (χ0n) is 15.8. The van der Waals surface area contributed by atoms with Gasteiger partial charge in [0.2, 0.25) is 0 Å². The summed E-state index contributed by atoms with van der Waals surface area (Å²) in [6.45, 7) is 2.65.